The van der Waals surface area contributed by atoms with Gasteiger partial charge in [0.1, 0.15) is 0 Å². The van der Waals surface area contributed by atoms with E-state index in [1.165, 1.54) is 37.1 Å². The quantitative estimate of drug-likeness (QED) is 0.451. The van der Waals surface area contributed by atoms with Gasteiger partial charge in [-0.3, -0.25) is 4.99 Å². The first-order valence-corrected chi connectivity index (χ1v) is 11.0. The standard InChI is InChI=1S/C20H36N4OS/c1-4-21-19(22-12-8-17-14-26-18(24-17)16(2)3)23-15-20(11-13-25)9-6-5-7-10-20/h14,16,25H,4-13,15H2,1-3H3,(H2,21,22,23). The first-order valence-electron chi connectivity index (χ1n) is 10.2. The lowest BCUT2D eigenvalue weighted by molar-refractivity contribution is 0.137. The predicted octanol–water partition coefficient (Wildman–Crippen LogP) is 3.70. The topological polar surface area (TPSA) is 69.5 Å². The van der Waals surface area contributed by atoms with Crippen LogP contribution in [0.3, 0.4) is 0 Å². The number of thiazole rings is 1. The molecule has 0 amide bonds. The van der Waals surface area contributed by atoms with E-state index in [0.717, 1.165) is 44.1 Å². The summed E-state index contributed by atoms with van der Waals surface area (Å²) in [6, 6.07) is 0. The summed E-state index contributed by atoms with van der Waals surface area (Å²) in [4.78, 5) is 9.56. The maximum absolute atomic E-state index is 9.48. The summed E-state index contributed by atoms with van der Waals surface area (Å²) < 4.78 is 0. The van der Waals surface area contributed by atoms with Crippen molar-refractivity contribution in [2.75, 3.05) is 26.2 Å². The van der Waals surface area contributed by atoms with Gasteiger partial charge in [0.15, 0.2) is 5.96 Å². The summed E-state index contributed by atoms with van der Waals surface area (Å²) in [5, 5.41) is 19.7. The molecule has 0 saturated heterocycles. The lowest BCUT2D eigenvalue weighted by Crippen LogP contribution is -2.40. The minimum absolute atomic E-state index is 0.191. The molecule has 1 aromatic heterocycles. The van der Waals surface area contributed by atoms with E-state index in [9.17, 15) is 5.11 Å². The van der Waals surface area contributed by atoms with Gasteiger partial charge in [0.2, 0.25) is 0 Å². The summed E-state index contributed by atoms with van der Waals surface area (Å²) in [7, 11) is 0. The lowest BCUT2D eigenvalue weighted by Gasteiger charge is -2.35. The zero-order valence-electron chi connectivity index (χ0n) is 16.7. The van der Waals surface area contributed by atoms with Crippen LogP contribution in [-0.2, 0) is 6.42 Å². The van der Waals surface area contributed by atoms with Crippen LogP contribution in [0.5, 0.6) is 0 Å². The van der Waals surface area contributed by atoms with Crippen LogP contribution in [0, 0.1) is 5.41 Å². The average Bonchev–Trinajstić information content (AvgIpc) is 3.10. The zero-order valence-corrected chi connectivity index (χ0v) is 17.5. The Morgan fingerprint density at radius 3 is 2.69 bits per heavy atom. The Labute approximate surface area is 162 Å². The molecule has 1 aromatic rings. The van der Waals surface area contributed by atoms with Gasteiger partial charge in [0, 0.05) is 44.0 Å². The molecule has 1 heterocycles. The second-order valence-electron chi connectivity index (χ2n) is 7.74. The molecule has 1 saturated carbocycles. The summed E-state index contributed by atoms with van der Waals surface area (Å²) in [6.45, 7) is 9.22. The number of hydrogen-bond donors (Lipinski definition) is 3. The van der Waals surface area contributed by atoms with Gasteiger partial charge in [-0.2, -0.15) is 0 Å². The number of guanidine groups is 1. The fourth-order valence-electron chi connectivity index (χ4n) is 3.63. The van der Waals surface area contributed by atoms with Crippen molar-refractivity contribution >= 4 is 17.3 Å². The Morgan fingerprint density at radius 2 is 2.08 bits per heavy atom. The van der Waals surface area contributed by atoms with E-state index in [0.29, 0.717) is 5.92 Å². The van der Waals surface area contributed by atoms with Crippen LogP contribution in [0.4, 0.5) is 0 Å². The van der Waals surface area contributed by atoms with Crippen LogP contribution in [0.25, 0.3) is 0 Å². The van der Waals surface area contributed by atoms with Crippen molar-refractivity contribution in [2.45, 2.75) is 71.6 Å². The number of nitrogens with one attached hydrogen (secondary N) is 2. The van der Waals surface area contributed by atoms with Crippen molar-refractivity contribution in [3.05, 3.63) is 16.1 Å². The van der Waals surface area contributed by atoms with Crippen LogP contribution in [-0.4, -0.2) is 42.3 Å². The molecule has 148 valence electrons. The van der Waals surface area contributed by atoms with Crippen molar-refractivity contribution in [2.24, 2.45) is 10.4 Å². The minimum atomic E-state index is 0.191. The average molecular weight is 381 g/mol. The fraction of sp³-hybridized carbons (Fsp3) is 0.800. The summed E-state index contributed by atoms with van der Waals surface area (Å²) >= 11 is 1.75. The van der Waals surface area contributed by atoms with Crippen LogP contribution in [0.1, 0.15) is 75.9 Å². The van der Waals surface area contributed by atoms with E-state index in [2.05, 4.69) is 36.8 Å². The zero-order chi connectivity index (χ0) is 18.8. The highest BCUT2D eigenvalue weighted by Crippen LogP contribution is 2.39. The molecule has 26 heavy (non-hydrogen) atoms. The van der Waals surface area contributed by atoms with E-state index < -0.39 is 0 Å². The third-order valence-electron chi connectivity index (χ3n) is 5.21. The second kappa shape index (κ2) is 10.9. The number of rotatable bonds is 9. The van der Waals surface area contributed by atoms with E-state index in [4.69, 9.17) is 9.98 Å². The summed E-state index contributed by atoms with van der Waals surface area (Å²) in [5.74, 6) is 1.38. The molecular weight excluding hydrogens is 344 g/mol. The number of aliphatic hydroxyl groups is 1. The molecule has 1 fully saturated rings. The predicted molar refractivity (Wildman–Crippen MR) is 111 cm³/mol. The van der Waals surface area contributed by atoms with Gasteiger partial charge in [-0.05, 0) is 31.6 Å². The number of aliphatic hydroxyl groups excluding tert-OH is 1. The molecule has 0 unspecified atom stereocenters. The third kappa shape index (κ3) is 6.54. The smallest absolute Gasteiger partial charge is 0.191 e. The number of aromatic nitrogens is 1. The largest absolute Gasteiger partial charge is 0.396 e. The van der Waals surface area contributed by atoms with Crippen LogP contribution in [0.15, 0.2) is 10.4 Å². The molecule has 5 nitrogen and oxygen atoms in total. The maximum atomic E-state index is 9.48. The van der Waals surface area contributed by atoms with E-state index in [1.807, 2.05) is 0 Å². The highest BCUT2D eigenvalue weighted by molar-refractivity contribution is 7.09. The van der Waals surface area contributed by atoms with Gasteiger partial charge in [-0.25, -0.2) is 4.98 Å². The molecule has 1 aliphatic carbocycles. The Morgan fingerprint density at radius 1 is 1.31 bits per heavy atom. The molecule has 0 atom stereocenters. The van der Waals surface area contributed by atoms with Gasteiger partial charge in [-0.1, -0.05) is 33.1 Å². The fourth-order valence-corrected chi connectivity index (χ4v) is 4.50. The minimum Gasteiger partial charge on any atom is -0.396 e. The Hall–Kier alpha value is -1.14. The molecular formula is C20H36N4OS. The molecule has 0 radical (unpaired) electrons. The number of aliphatic imine (C=N–C) groups is 1. The monoisotopic (exact) mass is 380 g/mol. The number of nitrogens with zero attached hydrogens (tertiary/aromatic N) is 2. The van der Waals surface area contributed by atoms with Crippen molar-refractivity contribution in [3.63, 3.8) is 0 Å². The molecule has 3 N–H and O–H groups in total. The molecule has 0 aliphatic heterocycles. The highest BCUT2D eigenvalue weighted by Gasteiger charge is 2.31. The third-order valence-corrected chi connectivity index (χ3v) is 6.40. The molecule has 6 heteroatoms. The Kier molecular flexibility index (Phi) is 8.85. The van der Waals surface area contributed by atoms with Crippen molar-refractivity contribution in [1.29, 1.82) is 0 Å². The van der Waals surface area contributed by atoms with Gasteiger partial charge >= 0.3 is 0 Å². The van der Waals surface area contributed by atoms with Crippen LogP contribution in [0.2, 0.25) is 0 Å². The highest BCUT2D eigenvalue weighted by atomic mass is 32.1. The first kappa shape index (κ1) is 21.2. The molecule has 2 rings (SSSR count). The van der Waals surface area contributed by atoms with Gasteiger partial charge in [-0.15, -0.1) is 11.3 Å². The maximum Gasteiger partial charge on any atom is 0.191 e. The normalized spacial score (nSPS) is 17.5. The lowest BCUT2D eigenvalue weighted by atomic mass is 9.72. The van der Waals surface area contributed by atoms with Crippen molar-refractivity contribution in [3.8, 4) is 0 Å². The van der Waals surface area contributed by atoms with Crippen LogP contribution >= 0.6 is 11.3 Å². The van der Waals surface area contributed by atoms with Gasteiger partial charge < -0.3 is 15.7 Å². The Balaban J connectivity index is 1.88. The SMILES string of the molecule is CCNC(=NCC1(CCO)CCCCC1)NCCc1csc(C(C)C)n1. The molecule has 0 spiro atoms. The second-order valence-corrected chi connectivity index (χ2v) is 8.63. The van der Waals surface area contributed by atoms with E-state index >= 15 is 0 Å². The molecule has 0 bridgehead atoms. The van der Waals surface area contributed by atoms with E-state index in [1.54, 1.807) is 11.3 Å². The summed E-state index contributed by atoms with van der Waals surface area (Å²) in [5.41, 5.74) is 1.35. The van der Waals surface area contributed by atoms with Crippen molar-refractivity contribution < 1.29 is 5.11 Å². The molecule has 1 aliphatic rings. The van der Waals surface area contributed by atoms with Crippen LogP contribution < -0.4 is 10.6 Å². The Bertz CT molecular complexity index is 544. The summed E-state index contributed by atoms with van der Waals surface area (Å²) in [6.07, 6.45) is 8.01. The first-order chi connectivity index (χ1) is 12.6. The van der Waals surface area contributed by atoms with E-state index in [-0.39, 0.29) is 12.0 Å². The van der Waals surface area contributed by atoms with Gasteiger partial charge in [0.05, 0.1) is 10.7 Å². The van der Waals surface area contributed by atoms with Crippen molar-refractivity contribution in [1.82, 2.24) is 15.6 Å². The molecule has 0 aromatic carbocycles. The number of hydrogen-bond acceptors (Lipinski definition) is 4. The van der Waals surface area contributed by atoms with Gasteiger partial charge in [0.25, 0.3) is 0 Å².